The number of allylic oxidation sites excluding steroid dienone is 2. The Morgan fingerprint density at radius 1 is 1.00 bits per heavy atom. The Morgan fingerprint density at radius 2 is 1.79 bits per heavy atom. The fraction of sp³-hybridized carbons (Fsp3) is 0.0435. The quantitative estimate of drug-likeness (QED) is 0.658. The van der Waals surface area contributed by atoms with E-state index >= 15 is 0 Å². The van der Waals surface area contributed by atoms with Crippen LogP contribution in [0.15, 0.2) is 85.5 Å². The molecule has 0 spiro atoms. The molecule has 1 unspecified atom stereocenters. The summed E-state index contributed by atoms with van der Waals surface area (Å²) < 4.78 is 0. The van der Waals surface area contributed by atoms with Crippen LogP contribution < -0.4 is 4.90 Å². The number of carbonyl (C=O) groups is 1. The molecule has 2 aromatic heterocycles. The number of aromatic nitrogens is 2. The maximum Gasteiger partial charge on any atom is 0.147 e. The zero-order valence-electron chi connectivity index (χ0n) is 14.9. The molecule has 0 N–H and O–H groups in total. The lowest BCUT2D eigenvalue weighted by Gasteiger charge is -2.33. The molecule has 28 heavy (non-hydrogen) atoms. The topological polar surface area (TPSA) is 69.9 Å². The zero-order valence-corrected chi connectivity index (χ0v) is 14.9. The van der Waals surface area contributed by atoms with Gasteiger partial charge in [-0.3, -0.25) is 9.97 Å². The van der Waals surface area contributed by atoms with E-state index in [9.17, 15) is 10.1 Å². The molecule has 134 valence electrons. The van der Waals surface area contributed by atoms with Gasteiger partial charge in [0.05, 0.1) is 17.3 Å². The van der Waals surface area contributed by atoms with Gasteiger partial charge < -0.3 is 9.69 Å². The summed E-state index contributed by atoms with van der Waals surface area (Å²) in [6, 6.07) is 18.4. The fourth-order valence-corrected chi connectivity index (χ4v) is 3.30. The minimum absolute atomic E-state index is 0.526. The lowest BCUT2D eigenvalue weighted by molar-refractivity contribution is -0.107. The first-order chi connectivity index (χ1) is 13.8. The van der Waals surface area contributed by atoms with Gasteiger partial charge in [0.25, 0.3) is 0 Å². The maximum absolute atomic E-state index is 12.1. The Hall–Kier alpha value is -4.04. The second-order valence-corrected chi connectivity index (χ2v) is 6.25. The molecule has 0 fully saturated rings. The average Bonchev–Trinajstić information content (AvgIpc) is 2.79. The number of hydrogen-bond donors (Lipinski definition) is 0. The van der Waals surface area contributed by atoms with Crippen LogP contribution in [-0.2, 0) is 4.79 Å². The molecule has 1 aromatic carbocycles. The number of benzene rings is 1. The van der Waals surface area contributed by atoms with Gasteiger partial charge in [-0.15, -0.1) is 0 Å². The van der Waals surface area contributed by atoms with Crippen molar-refractivity contribution >= 4 is 23.1 Å². The molecule has 1 aliphatic rings. The Bertz CT molecular complexity index is 1100. The predicted octanol–water partition coefficient (Wildman–Crippen LogP) is 3.86. The number of anilines is 1. The first kappa shape index (κ1) is 17.4. The number of hydrogen-bond acceptors (Lipinski definition) is 5. The number of rotatable bonds is 4. The van der Waals surface area contributed by atoms with Crippen LogP contribution >= 0.6 is 0 Å². The van der Waals surface area contributed by atoms with Crippen molar-refractivity contribution in [3.63, 3.8) is 0 Å². The number of pyridine rings is 2. The van der Waals surface area contributed by atoms with E-state index in [1.54, 1.807) is 24.7 Å². The van der Waals surface area contributed by atoms with E-state index in [1.807, 2.05) is 65.7 Å². The Kier molecular flexibility index (Phi) is 4.77. The maximum atomic E-state index is 12.1. The van der Waals surface area contributed by atoms with Crippen molar-refractivity contribution in [1.29, 1.82) is 5.26 Å². The standard InChI is InChI=1S/C23H16N4O/c24-14-17-5-1-2-6-20(17)21-13-18(22-7-3-4-10-26-22)15-27(23(21)16-28)19-8-11-25-12-9-19/h1-13,15-16,23H. The summed E-state index contributed by atoms with van der Waals surface area (Å²) in [6.07, 6.45) is 9.85. The van der Waals surface area contributed by atoms with E-state index in [4.69, 9.17) is 0 Å². The van der Waals surface area contributed by atoms with E-state index in [2.05, 4.69) is 16.0 Å². The van der Waals surface area contributed by atoms with Crippen molar-refractivity contribution in [1.82, 2.24) is 9.97 Å². The average molecular weight is 364 g/mol. The minimum atomic E-state index is -0.565. The molecule has 0 aliphatic carbocycles. The van der Waals surface area contributed by atoms with E-state index < -0.39 is 6.04 Å². The van der Waals surface area contributed by atoms with Crippen LogP contribution in [0, 0.1) is 11.3 Å². The van der Waals surface area contributed by atoms with E-state index in [1.165, 1.54) is 0 Å². The third-order valence-corrected chi connectivity index (χ3v) is 4.62. The minimum Gasteiger partial charge on any atom is -0.333 e. The van der Waals surface area contributed by atoms with Gasteiger partial charge in [-0.1, -0.05) is 24.3 Å². The second-order valence-electron chi connectivity index (χ2n) is 6.25. The monoisotopic (exact) mass is 364 g/mol. The molecule has 0 radical (unpaired) electrons. The van der Waals surface area contributed by atoms with Crippen LogP contribution in [-0.4, -0.2) is 22.3 Å². The molecule has 0 saturated carbocycles. The summed E-state index contributed by atoms with van der Waals surface area (Å²) in [4.78, 5) is 22.5. The van der Waals surface area contributed by atoms with Crippen LogP contribution in [0.3, 0.4) is 0 Å². The molecule has 1 aliphatic heterocycles. The highest BCUT2D eigenvalue weighted by molar-refractivity contribution is 5.99. The van der Waals surface area contributed by atoms with Crippen LogP contribution in [0.4, 0.5) is 5.69 Å². The van der Waals surface area contributed by atoms with Crippen molar-refractivity contribution in [3.8, 4) is 6.07 Å². The summed E-state index contributed by atoms with van der Waals surface area (Å²) in [5.74, 6) is 0. The van der Waals surface area contributed by atoms with Crippen LogP contribution in [0.5, 0.6) is 0 Å². The molecule has 5 heteroatoms. The highest BCUT2D eigenvalue weighted by Crippen LogP contribution is 2.35. The van der Waals surface area contributed by atoms with Crippen molar-refractivity contribution in [2.24, 2.45) is 0 Å². The molecule has 1 atom stereocenters. The van der Waals surface area contributed by atoms with Crippen molar-refractivity contribution in [3.05, 3.63) is 102 Å². The molecule has 5 nitrogen and oxygen atoms in total. The predicted molar refractivity (Wildman–Crippen MR) is 108 cm³/mol. The molecule has 0 saturated heterocycles. The number of aldehydes is 1. The van der Waals surface area contributed by atoms with Gasteiger partial charge in [-0.25, -0.2) is 0 Å². The van der Waals surface area contributed by atoms with Crippen LogP contribution in [0.2, 0.25) is 0 Å². The largest absolute Gasteiger partial charge is 0.333 e. The van der Waals surface area contributed by atoms with Gasteiger partial charge in [0.15, 0.2) is 0 Å². The van der Waals surface area contributed by atoms with E-state index in [0.717, 1.165) is 34.4 Å². The summed E-state index contributed by atoms with van der Waals surface area (Å²) >= 11 is 0. The molecule has 3 heterocycles. The number of carbonyl (C=O) groups excluding carboxylic acids is 1. The Morgan fingerprint density at radius 3 is 2.50 bits per heavy atom. The van der Waals surface area contributed by atoms with Crippen molar-refractivity contribution in [2.45, 2.75) is 6.04 Å². The lowest BCUT2D eigenvalue weighted by Crippen LogP contribution is -2.35. The van der Waals surface area contributed by atoms with Gasteiger partial charge in [-0.2, -0.15) is 5.26 Å². The second kappa shape index (κ2) is 7.68. The van der Waals surface area contributed by atoms with Gasteiger partial charge in [0.2, 0.25) is 0 Å². The van der Waals surface area contributed by atoms with Crippen molar-refractivity contribution < 1.29 is 4.79 Å². The molecule has 0 amide bonds. The summed E-state index contributed by atoms with van der Waals surface area (Å²) in [5.41, 5.74) is 4.50. The first-order valence-electron chi connectivity index (χ1n) is 8.80. The summed E-state index contributed by atoms with van der Waals surface area (Å²) in [7, 11) is 0. The van der Waals surface area contributed by atoms with Gasteiger partial charge in [0, 0.05) is 36.1 Å². The zero-order chi connectivity index (χ0) is 19.3. The van der Waals surface area contributed by atoms with E-state index in [-0.39, 0.29) is 0 Å². The van der Waals surface area contributed by atoms with Gasteiger partial charge in [-0.05, 0) is 47.5 Å². The molecule has 3 aromatic rings. The van der Waals surface area contributed by atoms with Gasteiger partial charge >= 0.3 is 0 Å². The first-order valence-corrected chi connectivity index (χ1v) is 8.80. The van der Waals surface area contributed by atoms with Crippen LogP contribution in [0.25, 0.3) is 11.1 Å². The smallest absolute Gasteiger partial charge is 0.147 e. The highest BCUT2D eigenvalue weighted by atomic mass is 16.1. The van der Waals surface area contributed by atoms with Crippen LogP contribution in [0.1, 0.15) is 16.8 Å². The Labute approximate surface area is 162 Å². The number of nitrogens with zero attached hydrogens (tertiary/aromatic N) is 4. The normalized spacial score (nSPS) is 16.0. The third kappa shape index (κ3) is 3.19. The molecular formula is C23H16N4O. The Balaban J connectivity index is 1.93. The molecule has 0 bridgehead atoms. The summed E-state index contributed by atoms with van der Waals surface area (Å²) in [6.45, 7) is 0. The van der Waals surface area contributed by atoms with E-state index in [0.29, 0.717) is 5.56 Å². The molecular weight excluding hydrogens is 348 g/mol. The van der Waals surface area contributed by atoms with Gasteiger partial charge in [0.1, 0.15) is 12.3 Å². The third-order valence-electron chi connectivity index (χ3n) is 4.62. The fourth-order valence-electron chi connectivity index (χ4n) is 3.30. The highest BCUT2D eigenvalue weighted by Gasteiger charge is 2.28. The summed E-state index contributed by atoms with van der Waals surface area (Å²) in [5, 5.41) is 9.56. The van der Waals surface area contributed by atoms with Crippen molar-refractivity contribution in [2.75, 3.05) is 4.90 Å². The molecule has 4 rings (SSSR count). The lowest BCUT2D eigenvalue weighted by atomic mass is 9.89. The number of nitriles is 1. The SMILES string of the molecule is N#Cc1ccccc1C1=CC(c2ccccn2)=CN(c2ccncc2)C1C=O.